The molecule has 0 aliphatic carbocycles. The molecule has 4 aromatic carbocycles. The minimum atomic E-state index is -0.456. The van der Waals surface area contributed by atoms with Gasteiger partial charge in [0.2, 0.25) is 0 Å². The fourth-order valence-electron chi connectivity index (χ4n) is 7.96. The molecule has 4 aromatic heterocycles. The van der Waals surface area contributed by atoms with E-state index in [1.807, 2.05) is 172 Å². The number of aromatic nitrogens is 4. The smallest absolute Gasteiger partial charge is 0.399 e. The van der Waals surface area contributed by atoms with Crippen molar-refractivity contribution < 1.29 is 18.9 Å². The molecule has 362 valence electrons. The lowest BCUT2D eigenvalue weighted by atomic mass is 9.76. The molecule has 0 atom stereocenters. The number of nitrogens with two attached hydrogens (primary N) is 2. The zero-order chi connectivity index (χ0) is 50.9. The first-order valence-electron chi connectivity index (χ1n) is 23.3. The first-order valence-corrected chi connectivity index (χ1v) is 24.1. The van der Waals surface area contributed by atoms with Crippen molar-refractivity contribution in [1.29, 1.82) is 0 Å². The Hall–Kier alpha value is -6.74. The van der Waals surface area contributed by atoms with Crippen LogP contribution in [0.1, 0.15) is 112 Å². The predicted octanol–water partition coefficient (Wildman–Crippen LogP) is 12.0. The Bertz CT molecular complexity index is 3170. The van der Waals surface area contributed by atoms with Gasteiger partial charge in [-0.3, -0.25) is 9.59 Å². The fourth-order valence-corrected chi connectivity index (χ4v) is 8.43. The molecular weight excluding hydrogens is 939 g/mol. The van der Waals surface area contributed by atoms with Gasteiger partial charge in [0.25, 0.3) is 11.8 Å². The van der Waals surface area contributed by atoms with E-state index in [0.717, 1.165) is 54.9 Å². The molecule has 12 nitrogen and oxygen atoms in total. The van der Waals surface area contributed by atoms with Crippen LogP contribution in [0.15, 0.2) is 139 Å². The minimum absolute atomic E-state index is 0.0537. The Kier molecular flexibility index (Phi) is 14.6. The Morgan fingerprint density at radius 2 is 1.07 bits per heavy atom. The number of carbonyl (C=O) groups is 2. The van der Waals surface area contributed by atoms with Crippen molar-refractivity contribution in [1.82, 2.24) is 18.8 Å². The highest BCUT2D eigenvalue weighted by Gasteiger charge is 2.52. The van der Waals surface area contributed by atoms with Crippen LogP contribution in [0.5, 0.6) is 0 Å². The Balaban J connectivity index is 0.000000170. The van der Waals surface area contributed by atoms with Crippen molar-refractivity contribution in [3.05, 3.63) is 172 Å². The highest BCUT2D eigenvalue weighted by atomic mass is 79.9. The molecule has 9 rings (SSSR count). The predicted molar refractivity (Wildman–Crippen MR) is 290 cm³/mol. The number of amides is 2. The molecule has 0 bridgehead atoms. The summed E-state index contributed by atoms with van der Waals surface area (Å²) >= 11 is 3.34. The number of anilines is 4. The lowest BCUT2D eigenvalue weighted by Gasteiger charge is -2.32. The SMILES string of the molecule is Cc1c(NC(=O)c2ccc(C(C)(C)C)cc2)cccc1-c1cc(N)c2nccn2c1.Cc1c(NC(=O)c2ccc(C(C)(C)C)cc2)cccc1B1OC(C)(C)C(C)(C)O1.Nc1cc(Br)cn2ccnc12. The number of hydrogen-bond donors (Lipinski definition) is 4. The molecule has 0 radical (unpaired) electrons. The van der Waals surface area contributed by atoms with Gasteiger partial charge < -0.3 is 40.2 Å². The highest BCUT2D eigenvalue weighted by Crippen LogP contribution is 2.37. The van der Waals surface area contributed by atoms with Crippen molar-refractivity contribution in [2.75, 3.05) is 22.1 Å². The number of rotatable bonds is 6. The van der Waals surface area contributed by atoms with Gasteiger partial charge in [0.05, 0.1) is 22.6 Å². The molecule has 1 aliphatic rings. The molecule has 1 fully saturated rings. The van der Waals surface area contributed by atoms with Crippen molar-refractivity contribution in [3.8, 4) is 11.1 Å². The summed E-state index contributed by atoms with van der Waals surface area (Å²) in [7, 11) is -0.456. The molecule has 0 unspecified atom stereocenters. The summed E-state index contributed by atoms with van der Waals surface area (Å²) < 4.78 is 17.1. The number of carbonyl (C=O) groups excluding carboxylic acids is 2. The van der Waals surface area contributed by atoms with Gasteiger partial charge in [0.1, 0.15) is 0 Å². The third-order valence-electron chi connectivity index (χ3n) is 13.0. The number of pyridine rings is 2. The molecule has 6 N–H and O–H groups in total. The van der Waals surface area contributed by atoms with E-state index in [1.54, 1.807) is 12.4 Å². The zero-order valence-electron chi connectivity index (χ0n) is 42.2. The minimum Gasteiger partial charge on any atom is -0.399 e. The molecule has 1 saturated heterocycles. The molecule has 14 heteroatoms. The lowest BCUT2D eigenvalue weighted by Crippen LogP contribution is -2.41. The first-order chi connectivity index (χ1) is 32.8. The average molecular weight is 1000 g/mol. The van der Waals surface area contributed by atoms with Crippen LogP contribution < -0.4 is 27.6 Å². The van der Waals surface area contributed by atoms with Gasteiger partial charge in [-0.25, -0.2) is 9.97 Å². The second kappa shape index (κ2) is 19.9. The van der Waals surface area contributed by atoms with E-state index in [4.69, 9.17) is 20.8 Å². The van der Waals surface area contributed by atoms with Gasteiger partial charge in [-0.1, -0.05) is 90.1 Å². The van der Waals surface area contributed by atoms with Gasteiger partial charge in [0.15, 0.2) is 11.3 Å². The molecule has 1 aliphatic heterocycles. The average Bonchev–Trinajstić information content (AvgIpc) is 4.03. The largest absolute Gasteiger partial charge is 0.495 e. The zero-order valence-corrected chi connectivity index (χ0v) is 43.8. The maximum Gasteiger partial charge on any atom is 0.495 e. The third-order valence-corrected chi connectivity index (χ3v) is 13.5. The van der Waals surface area contributed by atoms with Gasteiger partial charge in [-0.15, -0.1) is 0 Å². The summed E-state index contributed by atoms with van der Waals surface area (Å²) in [6.07, 6.45) is 11.1. The number of halogens is 1. The summed E-state index contributed by atoms with van der Waals surface area (Å²) in [5, 5.41) is 6.09. The van der Waals surface area contributed by atoms with Crippen molar-refractivity contribution in [2.45, 2.75) is 105 Å². The molecule has 8 aromatic rings. The Morgan fingerprint density at radius 3 is 1.56 bits per heavy atom. The van der Waals surface area contributed by atoms with E-state index in [1.165, 1.54) is 11.1 Å². The van der Waals surface area contributed by atoms with Crippen molar-refractivity contribution in [2.24, 2.45) is 0 Å². The lowest BCUT2D eigenvalue weighted by molar-refractivity contribution is 0.00578. The van der Waals surface area contributed by atoms with Crippen LogP contribution >= 0.6 is 15.9 Å². The summed E-state index contributed by atoms with van der Waals surface area (Å²) in [6.45, 7) is 25.1. The monoisotopic (exact) mass is 1000 g/mol. The summed E-state index contributed by atoms with van der Waals surface area (Å²) in [5.41, 5.74) is 24.1. The van der Waals surface area contributed by atoms with Gasteiger partial charge >= 0.3 is 7.12 Å². The first kappa shape index (κ1) is 51.1. The molecule has 0 spiro atoms. The highest BCUT2D eigenvalue weighted by molar-refractivity contribution is 9.10. The number of nitrogen functional groups attached to an aromatic ring is 2. The van der Waals surface area contributed by atoms with Crippen LogP contribution in [-0.4, -0.2) is 48.9 Å². The van der Waals surface area contributed by atoms with E-state index < -0.39 is 18.3 Å². The number of fused-ring (bicyclic) bond motifs is 2. The molecular formula is C56H64BBrN8O4. The van der Waals surface area contributed by atoms with Crippen LogP contribution in [0.25, 0.3) is 22.4 Å². The maximum atomic E-state index is 12.8. The van der Waals surface area contributed by atoms with Crippen molar-refractivity contribution >= 4 is 74.4 Å². The standard InChI is InChI=1S/C25H26N4O.C24H32BNO3.C7H6BrN3/c1-16-20(18-14-21(26)23-27-12-13-29(23)15-18)6-5-7-22(16)28-24(30)17-8-10-19(11-9-17)25(2,3)4;1-16-19(25-28-23(5,6)24(7,8)29-25)10-9-11-20(16)26-21(27)17-12-14-18(15-13-17)22(2,3)4;8-5-3-6(9)7-10-1-2-11(7)4-5/h5-15H,26H2,1-4H3,(H,28,30);9-15H,1-8H3,(H,26,27);1-4H,9H2. The van der Waals surface area contributed by atoms with E-state index in [9.17, 15) is 9.59 Å². The van der Waals surface area contributed by atoms with Gasteiger partial charge in [0, 0.05) is 69.7 Å². The second-order valence-electron chi connectivity index (χ2n) is 20.8. The molecule has 0 saturated carbocycles. The topological polar surface area (TPSA) is 163 Å². The van der Waals surface area contributed by atoms with E-state index in [0.29, 0.717) is 22.5 Å². The second-order valence-corrected chi connectivity index (χ2v) is 21.7. The van der Waals surface area contributed by atoms with E-state index in [-0.39, 0.29) is 22.6 Å². The van der Waals surface area contributed by atoms with Crippen LogP contribution in [0, 0.1) is 13.8 Å². The van der Waals surface area contributed by atoms with Crippen molar-refractivity contribution in [3.63, 3.8) is 0 Å². The molecule has 70 heavy (non-hydrogen) atoms. The number of nitrogens with zero attached hydrogens (tertiary/aromatic N) is 4. The molecule has 2 amide bonds. The van der Waals surface area contributed by atoms with E-state index >= 15 is 0 Å². The number of nitrogens with one attached hydrogen (secondary N) is 2. The van der Waals surface area contributed by atoms with Crippen LogP contribution in [0.2, 0.25) is 0 Å². The Labute approximate surface area is 420 Å². The van der Waals surface area contributed by atoms with Crippen LogP contribution in [0.3, 0.4) is 0 Å². The van der Waals surface area contributed by atoms with Gasteiger partial charge in [-0.05, 0) is 150 Å². The third kappa shape index (κ3) is 11.3. The van der Waals surface area contributed by atoms with Crippen LogP contribution in [-0.2, 0) is 20.1 Å². The maximum absolute atomic E-state index is 12.8. The Morgan fingerprint density at radius 1 is 0.629 bits per heavy atom. The number of imidazole rings is 2. The fraction of sp³-hybridized carbons (Fsp3) is 0.286. The normalized spacial score (nSPS) is 14.1. The summed E-state index contributed by atoms with van der Waals surface area (Å²) in [4.78, 5) is 34.0. The summed E-state index contributed by atoms with van der Waals surface area (Å²) in [6, 6.07) is 31.0. The number of benzene rings is 4. The van der Waals surface area contributed by atoms with Gasteiger partial charge in [-0.2, -0.15) is 0 Å². The molecule has 5 heterocycles. The summed E-state index contributed by atoms with van der Waals surface area (Å²) in [5.74, 6) is -0.250. The van der Waals surface area contributed by atoms with E-state index in [2.05, 4.69) is 78.1 Å². The number of hydrogen-bond acceptors (Lipinski definition) is 8. The quantitative estimate of drug-likeness (QED) is 0.120. The van der Waals surface area contributed by atoms with Crippen LogP contribution in [0.4, 0.5) is 22.7 Å².